The van der Waals surface area contributed by atoms with Crippen molar-refractivity contribution < 1.29 is 17.1 Å². The topological polar surface area (TPSA) is 75.7 Å². The summed E-state index contributed by atoms with van der Waals surface area (Å²) in [5.41, 5.74) is 3.09. The van der Waals surface area contributed by atoms with Crippen LogP contribution in [0.25, 0.3) is 0 Å². The summed E-state index contributed by atoms with van der Waals surface area (Å²) in [5.74, 6) is 0.324. The van der Waals surface area contributed by atoms with E-state index >= 15 is 0 Å². The van der Waals surface area contributed by atoms with E-state index in [0.29, 0.717) is 45.1 Å². The van der Waals surface area contributed by atoms with Crippen molar-refractivity contribution in [3.8, 4) is 0 Å². The van der Waals surface area contributed by atoms with E-state index < -0.39 is 6.04 Å². The van der Waals surface area contributed by atoms with Crippen LogP contribution < -0.4 is 15.5 Å². The molecule has 1 unspecified atom stereocenters. The lowest BCUT2D eigenvalue weighted by molar-refractivity contribution is -0.124. The van der Waals surface area contributed by atoms with Gasteiger partial charge >= 0.3 is 0 Å². The first-order chi connectivity index (χ1) is 16.4. The molecule has 3 heterocycles. The number of anilines is 1. The average molecular weight is 471 g/mol. The van der Waals surface area contributed by atoms with Gasteiger partial charge in [-0.25, -0.2) is 0 Å². The highest BCUT2D eigenvalue weighted by Crippen LogP contribution is 2.30. The van der Waals surface area contributed by atoms with Crippen molar-refractivity contribution >= 4 is 11.6 Å². The van der Waals surface area contributed by atoms with Crippen LogP contribution >= 0.6 is 0 Å². The molecule has 188 valence electrons. The summed E-state index contributed by atoms with van der Waals surface area (Å²) < 4.78 is 11.5. The van der Waals surface area contributed by atoms with Crippen molar-refractivity contribution in [2.75, 3.05) is 44.5 Å². The first-order valence-electron chi connectivity index (χ1n) is 12.4. The summed E-state index contributed by atoms with van der Waals surface area (Å²) in [6.07, 6.45) is 5.80. The summed E-state index contributed by atoms with van der Waals surface area (Å²) in [5, 5.41) is 6.62. The number of pyridine rings is 1. The number of rotatable bonds is 10. The third-order valence-electron chi connectivity index (χ3n) is 6.61. The molecule has 2 aliphatic heterocycles. The second-order valence-electron chi connectivity index (χ2n) is 10.4. The Labute approximate surface area is 206 Å². The van der Waals surface area contributed by atoms with Gasteiger partial charge < -0.3 is 25.0 Å². The Kier molecular flexibility index (Phi) is 8.19. The zero-order valence-corrected chi connectivity index (χ0v) is 20.6. The molecule has 0 bridgehead atoms. The van der Waals surface area contributed by atoms with E-state index in [1.807, 2.05) is 17.0 Å². The van der Waals surface area contributed by atoms with Crippen LogP contribution in [0.15, 0.2) is 48.8 Å². The second kappa shape index (κ2) is 11.3. The number of nitrogens with one attached hydrogen (secondary N) is 2. The van der Waals surface area contributed by atoms with Crippen molar-refractivity contribution in [2.24, 2.45) is 5.92 Å². The van der Waals surface area contributed by atoms with Gasteiger partial charge in [0, 0.05) is 45.0 Å². The van der Waals surface area contributed by atoms with Gasteiger partial charge in [-0.3, -0.25) is 9.78 Å². The molecule has 2 fully saturated rings. The quantitative estimate of drug-likeness (QED) is 0.513. The predicted molar refractivity (Wildman–Crippen MR) is 138 cm³/mol. The fraction of sp³-hybridized carbons (Fsp3) is 0.556. The molecule has 7 heteroatoms. The normalized spacial score (nSPS) is 19.4. The van der Waals surface area contributed by atoms with Crippen LogP contribution in [0.1, 0.15) is 53.6 Å². The predicted octanol–water partition coefficient (Wildman–Crippen LogP) is 3.91. The van der Waals surface area contributed by atoms with Gasteiger partial charge in [-0.2, -0.15) is 0 Å². The van der Waals surface area contributed by atoms with E-state index in [-0.39, 0.29) is 14.2 Å². The highest BCUT2D eigenvalue weighted by atomic mass is 16.5. The molecule has 2 aromatic rings. The highest BCUT2D eigenvalue weighted by molar-refractivity contribution is 5.86. The molecule has 0 aliphatic carbocycles. The van der Waals surface area contributed by atoms with Gasteiger partial charge in [0.05, 0.1) is 19.8 Å². The molecule has 1 aromatic heterocycles. The van der Waals surface area contributed by atoms with Crippen LogP contribution in [0.5, 0.6) is 0 Å². The molecule has 4 rings (SSSR count). The molecular formula is C27H42N4O3. The third-order valence-corrected chi connectivity index (χ3v) is 6.61. The first-order valence-corrected chi connectivity index (χ1v) is 12.4. The molecule has 0 spiro atoms. The number of carbonyl (C=O) groups is 1. The maximum Gasteiger partial charge on any atom is 0.247 e. The van der Waals surface area contributed by atoms with Crippen LogP contribution in [0.2, 0.25) is 0 Å². The lowest BCUT2D eigenvalue weighted by atomic mass is 9.87. The SMILES string of the molecule is CC(C)(C)c1ccc(N(COC[C@H]2CCCN2)C(C(=O)NCC2COC2)c2cccnc2)cc1.[HH].[HH]. The number of benzene rings is 1. The number of hydrogen-bond donors (Lipinski definition) is 2. The number of aromatic nitrogens is 1. The summed E-state index contributed by atoms with van der Waals surface area (Å²) in [4.78, 5) is 19.9. The minimum absolute atomic E-state index is 0. The van der Waals surface area contributed by atoms with Crippen molar-refractivity contribution in [3.63, 3.8) is 0 Å². The third kappa shape index (κ3) is 6.34. The molecule has 1 aromatic carbocycles. The summed E-state index contributed by atoms with van der Waals surface area (Å²) in [7, 11) is 0. The Balaban J connectivity index is 0.00000228. The van der Waals surface area contributed by atoms with E-state index in [2.05, 4.69) is 60.7 Å². The lowest BCUT2D eigenvalue weighted by Crippen LogP contribution is -2.46. The maximum absolute atomic E-state index is 13.6. The monoisotopic (exact) mass is 470 g/mol. The Hall–Kier alpha value is -2.48. The summed E-state index contributed by atoms with van der Waals surface area (Å²) >= 11 is 0. The maximum atomic E-state index is 13.6. The van der Waals surface area contributed by atoms with Crippen molar-refractivity contribution in [2.45, 2.75) is 51.1 Å². The van der Waals surface area contributed by atoms with Gasteiger partial charge in [-0.1, -0.05) is 39.0 Å². The number of nitrogens with zero attached hydrogens (tertiary/aromatic N) is 2. The van der Waals surface area contributed by atoms with Crippen molar-refractivity contribution in [1.29, 1.82) is 0 Å². The van der Waals surface area contributed by atoms with Crippen LogP contribution in [0.3, 0.4) is 0 Å². The smallest absolute Gasteiger partial charge is 0.247 e. The first kappa shape index (κ1) is 24.6. The summed E-state index contributed by atoms with van der Waals surface area (Å²) in [6, 6.07) is 12.1. The highest BCUT2D eigenvalue weighted by Gasteiger charge is 2.30. The molecule has 2 aliphatic rings. The van der Waals surface area contributed by atoms with Crippen LogP contribution in [-0.4, -0.2) is 56.6 Å². The zero-order chi connectivity index (χ0) is 24.0. The fourth-order valence-electron chi connectivity index (χ4n) is 4.40. The Bertz CT molecular complexity index is 915. The van der Waals surface area contributed by atoms with E-state index in [0.717, 1.165) is 24.2 Å². The Morgan fingerprint density at radius 1 is 1.29 bits per heavy atom. The molecule has 1 amide bonds. The molecule has 2 atom stereocenters. The molecule has 2 N–H and O–H groups in total. The zero-order valence-electron chi connectivity index (χ0n) is 20.6. The van der Waals surface area contributed by atoms with E-state index in [1.165, 1.54) is 12.0 Å². The second-order valence-corrected chi connectivity index (χ2v) is 10.4. The lowest BCUT2D eigenvalue weighted by Gasteiger charge is -2.34. The minimum atomic E-state index is -0.549. The van der Waals surface area contributed by atoms with Crippen molar-refractivity contribution in [1.82, 2.24) is 15.6 Å². The van der Waals surface area contributed by atoms with Crippen molar-refractivity contribution in [3.05, 3.63) is 59.9 Å². The van der Waals surface area contributed by atoms with Gasteiger partial charge in [0.2, 0.25) is 5.91 Å². The summed E-state index contributed by atoms with van der Waals surface area (Å²) in [6.45, 7) is 10.6. The molecule has 7 nitrogen and oxygen atoms in total. The number of carbonyl (C=O) groups excluding carboxylic acids is 1. The standard InChI is InChI=1S/C27H38N4O3.2H2/c1-27(2,3)22-8-10-24(11-9-22)31(19-34-18-23-7-5-13-29-23)25(21-6-4-12-28-15-21)26(32)30-14-20-16-33-17-20;;/h4,6,8-12,15,20,23,25,29H,5,7,13-14,16-19H2,1-3H3,(H,30,32);2*1H/t23-,25?;;/m1../s1. The van der Waals surface area contributed by atoms with E-state index in [1.54, 1.807) is 12.4 Å². The number of hydrogen-bond acceptors (Lipinski definition) is 6. The number of ether oxygens (including phenoxy) is 2. The van der Waals surface area contributed by atoms with E-state index in [9.17, 15) is 4.79 Å². The fourth-order valence-corrected chi connectivity index (χ4v) is 4.40. The van der Waals surface area contributed by atoms with Gasteiger partial charge in [-0.15, -0.1) is 0 Å². The molecular weight excluding hydrogens is 428 g/mol. The van der Waals surface area contributed by atoms with Gasteiger partial charge in [0.25, 0.3) is 0 Å². The van der Waals surface area contributed by atoms with Crippen LogP contribution in [-0.2, 0) is 19.7 Å². The van der Waals surface area contributed by atoms with Crippen LogP contribution in [0.4, 0.5) is 5.69 Å². The average Bonchev–Trinajstić information content (AvgIpc) is 3.31. The minimum Gasteiger partial charge on any atom is -0.381 e. The van der Waals surface area contributed by atoms with Gasteiger partial charge in [0.1, 0.15) is 12.8 Å². The largest absolute Gasteiger partial charge is 0.381 e. The Morgan fingerprint density at radius 3 is 2.68 bits per heavy atom. The van der Waals surface area contributed by atoms with Crippen LogP contribution in [0, 0.1) is 5.92 Å². The van der Waals surface area contributed by atoms with Gasteiger partial charge in [0.15, 0.2) is 0 Å². The number of amides is 1. The molecule has 34 heavy (non-hydrogen) atoms. The Morgan fingerprint density at radius 2 is 2.09 bits per heavy atom. The van der Waals surface area contributed by atoms with Gasteiger partial charge in [-0.05, 0) is 48.6 Å². The molecule has 0 saturated carbocycles. The van der Waals surface area contributed by atoms with E-state index in [4.69, 9.17) is 9.47 Å². The molecule has 0 radical (unpaired) electrons. The molecule has 2 saturated heterocycles.